The maximum atomic E-state index is 12.3. The van der Waals surface area contributed by atoms with Gasteiger partial charge in [0.2, 0.25) is 0 Å². The molecule has 3 N–H and O–H groups in total. The standard InChI is InChI=1S/C17H23N3O/c1-13-5-4-10-20(12-13)17(21)19-16-8-7-15(6-3-9-18)11-14(16)2/h7-8,11,13H,4-5,9-10,12,18H2,1-2H3,(H,19,21). The van der Waals surface area contributed by atoms with Crippen molar-refractivity contribution < 1.29 is 4.79 Å². The first kappa shape index (κ1) is 15.4. The SMILES string of the molecule is Cc1cc(C#CCN)ccc1NC(=O)N1CCCC(C)C1. The average Bonchev–Trinajstić information content (AvgIpc) is 2.47. The van der Waals surface area contributed by atoms with E-state index in [0.717, 1.165) is 36.3 Å². The number of carbonyl (C=O) groups excluding carboxylic acids is 1. The maximum Gasteiger partial charge on any atom is 0.321 e. The molecule has 2 amide bonds. The molecule has 4 nitrogen and oxygen atoms in total. The zero-order valence-corrected chi connectivity index (χ0v) is 12.8. The molecule has 1 unspecified atom stereocenters. The fourth-order valence-corrected chi connectivity index (χ4v) is 2.60. The van der Waals surface area contributed by atoms with Crippen LogP contribution in [0.2, 0.25) is 0 Å². The molecule has 1 heterocycles. The third kappa shape index (κ3) is 4.24. The van der Waals surface area contributed by atoms with E-state index < -0.39 is 0 Å². The number of carbonyl (C=O) groups is 1. The number of benzene rings is 1. The number of anilines is 1. The molecule has 1 aliphatic heterocycles. The highest BCUT2D eigenvalue weighted by Gasteiger charge is 2.21. The second-order valence-corrected chi connectivity index (χ2v) is 5.66. The van der Waals surface area contributed by atoms with Crippen LogP contribution in [0, 0.1) is 24.7 Å². The van der Waals surface area contributed by atoms with Crippen molar-refractivity contribution in [1.29, 1.82) is 0 Å². The first-order valence-electron chi connectivity index (χ1n) is 7.45. The van der Waals surface area contributed by atoms with E-state index in [9.17, 15) is 4.79 Å². The van der Waals surface area contributed by atoms with Crippen LogP contribution in [0.15, 0.2) is 18.2 Å². The molecule has 0 radical (unpaired) electrons. The lowest BCUT2D eigenvalue weighted by Crippen LogP contribution is -2.41. The van der Waals surface area contributed by atoms with Crippen LogP contribution in [0.1, 0.15) is 30.9 Å². The van der Waals surface area contributed by atoms with Crippen molar-refractivity contribution in [1.82, 2.24) is 4.90 Å². The quantitative estimate of drug-likeness (QED) is 0.779. The fraction of sp³-hybridized carbons (Fsp3) is 0.471. The van der Waals surface area contributed by atoms with Crippen LogP contribution < -0.4 is 11.1 Å². The Kier molecular flexibility index (Phi) is 5.24. The van der Waals surface area contributed by atoms with Gasteiger partial charge in [0.15, 0.2) is 0 Å². The van der Waals surface area contributed by atoms with Crippen molar-refractivity contribution in [3.05, 3.63) is 29.3 Å². The summed E-state index contributed by atoms with van der Waals surface area (Å²) in [5, 5.41) is 3.00. The number of urea groups is 1. The normalized spacial score (nSPS) is 17.9. The number of hydrogen-bond acceptors (Lipinski definition) is 2. The smallest absolute Gasteiger partial charge is 0.321 e. The average molecular weight is 285 g/mol. The number of nitrogens with one attached hydrogen (secondary N) is 1. The Hall–Kier alpha value is -1.99. The van der Waals surface area contributed by atoms with Gasteiger partial charge in [0.25, 0.3) is 0 Å². The lowest BCUT2D eigenvalue weighted by molar-refractivity contribution is 0.182. The largest absolute Gasteiger partial charge is 0.324 e. The van der Waals surface area contributed by atoms with Crippen molar-refractivity contribution in [3.63, 3.8) is 0 Å². The molecule has 1 fully saturated rings. The molecule has 1 atom stereocenters. The Morgan fingerprint density at radius 2 is 2.33 bits per heavy atom. The molecule has 1 aromatic carbocycles. The maximum absolute atomic E-state index is 12.3. The third-order valence-corrected chi connectivity index (χ3v) is 3.75. The molecular formula is C17H23N3O. The van der Waals surface area contributed by atoms with Gasteiger partial charge in [-0.25, -0.2) is 4.79 Å². The van der Waals surface area contributed by atoms with Gasteiger partial charge in [0.05, 0.1) is 6.54 Å². The van der Waals surface area contributed by atoms with Crippen LogP contribution >= 0.6 is 0 Å². The lowest BCUT2D eigenvalue weighted by Gasteiger charge is -2.31. The van der Waals surface area contributed by atoms with Gasteiger partial charge in [0, 0.05) is 24.3 Å². The van der Waals surface area contributed by atoms with Gasteiger partial charge >= 0.3 is 6.03 Å². The van der Waals surface area contributed by atoms with Crippen molar-refractivity contribution >= 4 is 11.7 Å². The highest BCUT2D eigenvalue weighted by Crippen LogP contribution is 2.19. The summed E-state index contributed by atoms with van der Waals surface area (Å²) in [6.07, 6.45) is 2.29. The van der Waals surface area contributed by atoms with Crippen LogP contribution in [0.5, 0.6) is 0 Å². The molecule has 4 heteroatoms. The molecule has 0 aliphatic carbocycles. The van der Waals surface area contributed by atoms with Crippen molar-refractivity contribution in [3.8, 4) is 11.8 Å². The summed E-state index contributed by atoms with van der Waals surface area (Å²) in [5.41, 5.74) is 8.14. The molecule has 1 saturated heterocycles. The molecular weight excluding hydrogens is 262 g/mol. The van der Waals surface area contributed by atoms with E-state index in [1.807, 2.05) is 30.0 Å². The van der Waals surface area contributed by atoms with Gasteiger partial charge in [-0.2, -0.15) is 0 Å². The summed E-state index contributed by atoms with van der Waals surface area (Å²) in [6.45, 7) is 6.20. The lowest BCUT2D eigenvalue weighted by atomic mass is 10.0. The van der Waals surface area contributed by atoms with Gasteiger partial charge < -0.3 is 16.0 Å². The third-order valence-electron chi connectivity index (χ3n) is 3.75. The first-order chi connectivity index (χ1) is 10.1. The number of nitrogens with zero attached hydrogens (tertiary/aromatic N) is 1. The van der Waals surface area contributed by atoms with E-state index in [0.29, 0.717) is 12.5 Å². The van der Waals surface area contributed by atoms with Crippen LogP contribution in [-0.2, 0) is 0 Å². The Morgan fingerprint density at radius 3 is 3.00 bits per heavy atom. The van der Waals surface area contributed by atoms with E-state index in [1.54, 1.807) is 0 Å². The summed E-state index contributed by atoms with van der Waals surface area (Å²) in [6, 6.07) is 5.77. The van der Waals surface area contributed by atoms with E-state index in [1.165, 1.54) is 6.42 Å². The minimum absolute atomic E-state index is 0.00885. The molecule has 1 aromatic rings. The molecule has 0 spiro atoms. The van der Waals surface area contributed by atoms with E-state index in [4.69, 9.17) is 5.73 Å². The van der Waals surface area contributed by atoms with Crippen LogP contribution in [0.3, 0.4) is 0 Å². The van der Waals surface area contributed by atoms with Gasteiger partial charge in [-0.15, -0.1) is 0 Å². The number of piperidine rings is 1. The molecule has 0 saturated carbocycles. The number of aryl methyl sites for hydroxylation is 1. The number of rotatable bonds is 1. The second kappa shape index (κ2) is 7.14. The summed E-state index contributed by atoms with van der Waals surface area (Å²) in [4.78, 5) is 14.2. The molecule has 21 heavy (non-hydrogen) atoms. The Morgan fingerprint density at radius 1 is 1.52 bits per heavy atom. The molecule has 2 rings (SSSR count). The highest BCUT2D eigenvalue weighted by molar-refractivity contribution is 5.90. The minimum Gasteiger partial charge on any atom is -0.324 e. The molecule has 112 valence electrons. The Labute approximate surface area is 126 Å². The number of nitrogens with two attached hydrogens (primary N) is 1. The first-order valence-corrected chi connectivity index (χ1v) is 7.45. The summed E-state index contributed by atoms with van der Waals surface area (Å²) in [5.74, 6) is 6.41. The van der Waals surface area contributed by atoms with Crippen LogP contribution in [-0.4, -0.2) is 30.6 Å². The van der Waals surface area contributed by atoms with Gasteiger partial charge in [-0.1, -0.05) is 18.8 Å². The summed E-state index contributed by atoms with van der Waals surface area (Å²) in [7, 11) is 0. The van der Waals surface area contributed by atoms with Crippen LogP contribution in [0.4, 0.5) is 10.5 Å². The van der Waals surface area contributed by atoms with Crippen molar-refractivity contribution in [2.24, 2.45) is 11.7 Å². The fourth-order valence-electron chi connectivity index (χ4n) is 2.60. The highest BCUT2D eigenvalue weighted by atomic mass is 16.2. The van der Waals surface area contributed by atoms with Crippen molar-refractivity contribution in [2.45, 2.75) is 26.7 Å². The van der Waals surface area contributed by atoms with Gasteiger partial charge in [-0.05, 0) is 49.4 Å². The molecule has 0 bridgehead atoms. The van der Waals surface area contributed by atoms with E-state index in [-0.39, 0.29) is 6.03 Å². The molecule has 0 aromatic heterocycles. The Balaban J connectivity index is 2.03. The minimum atomic E-state index is -0.00885. The predicted molar refractivity (Wildman–Crippen MR) is 86.1 cm³/mol. The Bertz CT molecular complexity index is 571. The predicted octanol–water partition coefficient (Wildman–Crippen LogP) is 2.57. The summed E-state index contributed by atoms with van der Waals surface area (Å²) < 4.78 is 0. The second-order valence-electron chi connectivity index (χ2n) is 5.66. The topological polar surface area (TPSA) is 58.4 Å². The van der Waals surface area contributed by atoms with Crippen LogP contribution in [0.25, 0.3) is 0 Å². The number of amides is 2. The zero-order chi connectivity index (χ0) is 15.2. The number of likely N-dealkylation sites (tertiary alicyclic amines) is 1. The zero-order valence-electron chi connectivity index (χ0n) is 12.8. The van der Waals surface area contributed by atoms with Gasteiger partial charge in [-0.3, -0.25) is 0 Å². The van der Waals surface area contributed by atoms with E-state index >= 15 is 0 Å². The van der Waals surface area contributed by atoms with Crippen molar-refractivity contribution in [2.75, 3.05) is 25.0 Å². The number of hydrogen-bond donors (Lipinski definition) is 2. The monoisotopic (exact) mass is 285 g/mol. The molecule has 1 aliphatic rings. The van der Waals surface area contributed by atoms with Gasteiger partial charge in [0.1, 0.15) is 0 Å². The summed E-state index contributed by atoms with van der Waals surface area (Å²) >= 11 is 0. The van der Waals surface area contributed by atoms with E-state index in [2.05, 4.69) is 24.1 Å².